The molecule has 212 valence electrons. The monoisotopic (exact) mass is 569 g/mol. The van der Waals surface area contributed by atoms with E-state index in [4.69, 9.17) is 9.47 Å². The zero-order chi connectivity index (χ0) is 29.4. The maximum absolute atomic E-state index is 14.4. The third-order valence-corrected chi connectivity index (χ3v) is 8.69. The highest BCUT2D eigenvalue weighted by Crippen LogP contribution is 2.47. The van der Waals surface area contributed by atoms with Crippen molar-refractivity contribution < 1.29 is 23.9 Å². The van der Waals surface area contributed by atoms with Crippen LogP contribution in [-0.2, 0) is 16.1 Å². The van der Waals surface area contributed by atoms with E-state index in [-0.39, 0.29) is 36.5 Å². The van der Waals surface area contributed by atoms with Crippen molar-refractivity contribution in [3.05, 3.63) is 102 Å². The van der Waals surface area contributed by atoms with Crippen molar-refractivity contribution in [1.29, 1.82) is 0 Å². The number of aromatic nitrogens is 2. The summed E-state index contributed by atoms with van der Waals surface area (Å²) in [6, 6.07) is 23.1. The molecule has 1 N–H and O–H groups in total. The van der Waals surface area contributed by atoms with Gasteiger partial charge in [-0.2, -0.15) is 0 Å². The molecule has 8 nitrogen and oxygen atoms in total. The molecular formula is C35H27N3O5. The number of carbonyl (C=O) groups is 3. The van der Waals surface area contributed by atoms with Crippen LogP contribution in [0.1, 0.15) is 45.7 Å². The Hall–Kier alpha value is -5.37. The molecule has 2 aromatic heterocycles. The second kappa shape index (κ2) is 9.32. The van der Waals surface area contributed by atoms with E-state index in [1.807, 2.05) is 78.9 Å². The lowest BCUT2D eigenvalue weighted by molar-refractivity contribution is -0.144. The normalized spacial score (nSPS) is 18.0. The molecule has 43 heavy (non-hydrogen) atoms. The fourth-order valence-electron chi connectivity index (χ4n) is 6.92. The first-order valence-corrected chi connectivity index (χ1v) is 14.3. The highest BCUT2D eigenvalue weighted by Gasteiger charge is 2.42. The smallest absolute Gasteiger partial charge is 0.303 e. The number of aromatic amines is 1. The summed E-state index contributed by atoms with van der Waals surface area (Å²) in [5, 5.41) is 3.28. The van der Waals surface area contributed by atoms with Gasteiger partial charge < -0.3 is 19.0 Å². The Morgan fingerprint density at radius 1 is 0.884 bits per heavy atom. The van der Waals surface area contributed by atoms with Gasteiger partial charge in [0.25, 0.3) is 11.8 Å². The number of imide groups is 1. The number of carbonyl (C=O) groups excluding carboxylic acids is 3. The topological polar surface area (TPSA) is 93.6 Å². The SMILES string of the molecule is COc1ccc(CN2C(=O)c3c(c4c5ccccc5n(C5C=CC(OC(C)=O)C5)c4c4[nH]c5ccccc5c34)C2=O)cc1. The molecule has 8 rings (SSSR count). The number of hydrogen-bond donors (Lipinski definition) is 1. The summed E-state index contributed by atoms with van der Waals surface area (Å²) in [6.07, 6.45) is 4.22. The van der Waals surface area contributed by atoms with Gasteiger partial charge in [0.15, 0.2) is 0 Å². The first kappa shape index (κ1) is 25.3. The van der Waals surface area contributed by atoms with Gasteiger partial charge >= 0.3 is 5.97 Å². The number of rotatable bonds is 5. The maximum atomic E-state index is 14.4. The molecule has 4 aromatic carbocycles. The fraction of sp³-hybridized carbons (Fsp3) is 0.171. The van der Waals surface area contributed by atoms with Crippen molar-refractivity contribution in [2.24, 2.45) is 0 Å². The van der Waals surface area contributed by atoms with Crippen LogP contribution in [0.15, 0.2) is 84.9 Å². The number of esters is 1. The zero-order valence-electron chi connectivity index (χ0n) is 23.6. The first-order valence-electron chi connectivity index (χ1n) is 14.3. The highest BCUT2D eigenvalue weighted by atomic mass is 16.5. The summed E-state index contributed by atoms with van der Waals surface area (Å²) in [5.74, 6) is -0.233. The van der Waals surface area contributed by atoms with Crippen molar-refractivity contribution in [1.82, 2.24) is 14.5 Å². The predicted molar refractivity (Wildman–Crippen MR) is 164 cm³/mol. The molecule has 0 spiro atoms. The van der Waals surface area contributed by atoms with Crippen molar-refractivity contribution >= 4 is 61.4 Å². The molecule has 3 heterocycles. The number of ether oxygens (including phenoxy) is 2. The number of hydrogen-bond acceptors (Lipinski definition) is 5. The summed E-state index contributed by atoms with van der Waals surface area (Å²) < 4.78 is 13.0. The van der Waals surface area contributed by atoms with E-state index >= 15 is 0 Å². The molecule has 6 aromatic rings. The molecule has 0 bridgehead atoms. The fourth-order valence-corrected chi connectivity index (χ4v) is 6.92. The second-order valence-electron chi connectivity index (χ2n) is 11.2. The number of H-pyrrole nitrogens is 1. The third-order valence-electron chi connectivity index (χ3n) is 8.69. The highest BCUT2D eigenvalue weighted by molar-refractivity contribution is 6.39. The van der Waals surface area contributed by atoms with Crippen molar-refractivity contribution in [3.8, 4) is 5.75 Å². The van der Waals surface area contributed by atoms with Gasteiger partial charge in [0.1, 0.15) is 11.9 Å². The van der Waals surface area contributed by atoms with E-state index in [9.17, 15) is 14.4 Å². The average Bonchev–Trinajstić information content (AvgIpc) is 3.76. The lowest BCUT2D eigenvalue weighted by Gasteiger charge is -2.17. The number of nitrogens with one attached hydrogen (secondary N) is 1. The largest absolute Gasteiger partial charge is 0.497 e. The Morgan fingerprint density at radius 2 is 1.58 bits per heavy atom. The van der Waals surface area contributed by atoms with Crippen molar-refractivity contribution in [3.63, 3.8) is 0 Å². The minimum atomic E-state index is -0.338. The molecule has 2 atom stereocenters. The summed E-state index contributed by atoms with van der Waals surface area (Å²) in [4.78, 5) is 45.4. The number of para-hydroxylation sites is 2. The molecule has 8 heteroatoms. The zero-order valence-corrected chi connectivity index (χ0v) is 23.6. The van der Waals surface area contributed by atoms with Crippen LogP contribution >= 0.6 is 0 Å². The van der Waals surface area contributed by atoms with E-state index < -0.39 is 0 Å². The minimum absolute atomic E-state index is 0.123. The number of methoxy groups -OCH3 is 1. The van der Waals surface area contributed by atoms with Gasteiger partial charge in [-0.3, -0.25) is 19.3 Å². The van der Waals surface area contributed by atoms with Crippen LogP contribution in [0.2, 0.25) is 0 Å². The van der Waals surface area contributed by atoms with Gasteiger partial charge in [-0.15, -0.1) is 0 Å². The molecule has 0 saturated heterocycles. The standard InChI is InChI=1S/C35H27N3O5/c1-19(39)43-23-16-13-21(17-23)38-27-10-6-4-8-25(27)29-31-30(28-24-7-3-5-9-26(24)36-32(28)33(29)38)34(40)37(35(31)41)18-20-11-14-22(42-2)15-12-20/h3-16,21,23,36H,17-18H2,1-2H3. The van der Waals surface area contributed by atoms with Crippen LogP contribution in [0.4, 0.5) is 0 Å². The third kappa shape index (κ3) is 3.65. The van der Waals surface area contributed by atoms with Crippen LogP contribution in [0.3, 0.4) is 0 Å². The van der Waals surface area contributed by atoms with Crippen LogP contribution in [0.5, 0.6) is 5.75 Å². The van der Waals surface area contributed by atoms with Gasteiger partial charge in [0.2, 0.25) is 0 Å². The molecule has 0 radical (unpaired) electrons. The minimum Gasteiger partial charge on any atom is -0.497 e. The first-order chi connectivity index (χ1) is 20.9. The lowest BCUT2D eigenvalue weighted by Crippen LogP contribution is -2.29. The number of fused-ring (bicyclic) bond motifs is 10. The van der Waals surface area contributed by atoms with Gasteiger partial charge in [-0.25, -0.2) is 0 Å². The Bertz CT molecular complexity index is 2190. The summed E-state index contributed by atoms with van der Waals surface area (Å²) in [5.41, 5.74) is 5.19. The Balaban J connectivity index is 1.42. The molecule has 2 amide bonds. The van der Waals surface area contributed by atoms with Crippen LogP contribution in [0.25, 0.3) is 43.6 Å². The van der Waals surface area contributed by atoms with Crippen LogP contribution < -0.4 is 4.74 Å². The second-order valence-corrected chi connectivity index (χ2v) is 11.2. The lowest BCUT2D eigenvalue weighted by atomic mass is 9.96. The summed E-state index contributed by atoms with van der Waals surface area (Å²) >= 11 is 0. The number of amides is 2. The van der Waals surface area contributed by atoms with Gasteiger partial charge in [-0.1, -0.05) is 54.6 Å². The molecule has 1 aliphatic carbocycles. The maximum Gasteiger partial charge on any atom is 0.303 e. The van der Waals surface area contributed by atoms with E-state index in [0.717, 1.165) is 49.2 Å². The predicted octanol–water partition coefficient (Wildman–Crippen LogP) is 6.67. The van der Waals surface area contributed by atoms with Crippen LogP contribution in [0, 0.1) is 0 Å². The van der Waals surface area contributed by atoms with Gasteiger partial charge in [0, 0.05) is 45.9 Å². The van der Waals surface area contributed by atoms with E-state index in [1.54, 1.807) is 7.11 Å². The molecule has 2 unspecified atom stereocenters. The number of nitrogens with zero attached hydrogens (tertiary/aromatic N) is 2. The molecule has 0 saturated carbocycles. The van der Waals surface area contributed by atoms with E-state index in [1.165, 1.54) is 11.8 Å². The van der Waals surface area contributed by atoms with Gasteiger partial charge in [0.05, 0.1) is 41.9 Å². The summed E-state index contributed by atoms with van der Waals surface area (Å²) in [7, 11) is 1.60. The molecule has 0 fully saturated rings. The Morgan fingerprint density at radius 3 is 2.33 bits per heavy atom. The van der Waals surface area contributed by atoms with Crippen LogP contribution in [-0.4, -0.2) is 45.4 Å². The molecule has 2 aliphatic rings. The average molecular weight is 570 g/mol. The molecule has 1 aliphatic heterocycles. The van der Waals surface area contributed by atoms with Gasteiger partial charge in [-0.05, 0) is 35.9 Å². The summed E-state index contributed by atoms with van der Waals surface area (Å²) in [6.45, 7) is 1.56. The van der Waals surface area contributed by atoms with Crippen molar-refractivity contribution in [2.75, 3.05) is 7.11 Å². The van der Waals surface area contributed by atoms with Crippen molar-refractivity contribution in [2.45, 2.75) is 32.0 Å². The Labute approximate surface area is 246 Å². The number of benzene rings is 4. The van der Waals surface area contributed by atoms with E-state index in [2.05, 4.69) is 15.6 Å². The quantitative estimate of drug-likeness (QED) is 0.142. The Kier molecular flexibility index (Phi) is 5.50. The number of allylic oxidation sites excluding steroid dienone is 1. The molecular weight excluding hydrogens is 542 g/mol. The van der Waals surface area contributed by atoms with E-state index in [0.29, 0.717) is 23.3 Å².